The smallest absolute Gasteiger partial charge is 0.273 e. The molecule has 180 valence electrons. The van der Waals surface area contributed by atoms with Gasteiger partial charge in [-0.15, -0.1) is 0 Å². The van der Waals surface area contributed by atoms with Crippen LogP contribution in [0.2, 0.25) is 5.02 Å². The molecule has 0 bridgehead atoms. The third-order valence-corrected chi connectivity index (χ3v) is 7.62. The number of pyridine rings is 1. The van der Waals surface area contributed by atoms with Gasteiger partial charge in [0.1, 0.15) is 23.4 Å². The number of amides is 2. The number of carbonyl (C=O) groups excluding carboxylic acids is 2. The molecule has 2 amide bonds. The molecule has 3 atom stereocenters. The Hall–Kier alpha value is -2.54. The van der Waals surface area contributed by atoms with Gasteiger partial charge in [0.15, 0.2) is 0 Å². The topological polar surface area (TPSA) is 62.3 Å². The van der Waals surface area contributed by atoms with Gasteiger partial charge in [-0.2, -0.15) is 0 Å². The van der Waals surface area contributed by atoms with Crippen LogP contribution in [0.4, 0.5) is 8.78 Å². The number of benzene rings is 1. The minimum Gasteiger partial charge on any atom is -0.347 e. The molecule has 1 aromatic carbocycles. The molecule has 0 spiro atoms. The predicted octanol–water partition coefficient (Wildman–Crippen LogP) is 5.54. The Kier molecular flexibility index (Phi) is 6.32. The van der Waals surface area contributed by atoms with E-state index < -0.39 is 23.7 Å². The molecule has 2 heterocycles. The summed E-state index contributed by atoms with van der Waals surface area (Å²) in [5, 5.41) is 2.65. The predicted molar refractivity (Wildman–Crippen MR) is 124 cm³/mol. The number of hydrogen-bond donors (Lipinski definition) is 1. The van der Waals surface area contributed by atoms with Crippen molar-refractivity contribution in [1.29, 1.82) is 0 Å². The number of aromatic nitrogens is 1. The van der Waals surface area contributed by atoms with Gasteiger partial charge in [0, 0.05) is 17.8 Å². The fourth-order valence-electron chi connectivity index (χ4n) is 5.12. The quantitative estimate of drug-likeness (QED) is 0.521. The van der Waals surface area contributed by atoms with E-state index >= 15 is 0 Å². The van der Waals surface area contributed by atoms with Crippen molar-refractivity contribution < 1.29 is 18.4 Å². The summed E-state index contributed by atoms with van der Waals surface area (Å²) in [6.07, 6.45) is 7.49. The van der Waals surface area contributed by atoms with E-state index in [1.54, 1.807) is 11.1 Å². The second-order valence-electron chi connectivity index (χ2n) is 9.73. The van der Waals surface area contributed by atoms with Crippen LogP contribution in [0.3, 0.4) is 0 Å². The van der Waals surface area contributed by atoms with E-state index in [0.717, 1.165) is 49.8 Å². The number of hydrogen-bond acceptors (Lipinski definition) is 3. The third-order valence-electron chi connectivity index (χ3n) is 7.33. The molecule has 3 fully saturated rings. The molecule has 34 heavy (non-hydrogen) atoms. The number of likely N-dealkylation sites (tertiary alicyclic amines) is 1. The van der Waals surface area contributed by atoms with E-state index in [0.29, 0.717) is 24.5 Å². The zero-order valence-corrected chi connectivity index (χ0v) is 19.8. The number of nitrogens with one attached hydrogen (secondary N) is 1. The van der Waals surface area contributed by atoms with Crippen molar-refractivity contribution in [2.75, 3.05) is 0 Å². The summed E-state index contributed by atoms with van der Waals surface area (Å²) in [5.41, 5.74) is 1.56. The normalized spacial score (nSPS) is 23.1. The first-order valence-electron chi connectivity index (χ1n) is 12.1. The van der Waals surface area contributed by atoms with Crippen LogP contribution in [0.25, 0.3) is 0 Å². The molecule has 1 aromatic heterocycles. The highest BCUT2D eigenvalue weighted by Gasteiger charge is 2.43. The van der Waals surface area contributed by atoms with E-state index in [9.17, 15) is 18.4 Å². The second-order valence-corrected chi connectivity index (χ2v) is 10.1. The van der Waals surface area contributed by atoms with Gasteiger partial charge >= 0.3 is 0 Å². The number of carbonyl (C=O) groups is 2. The largest absolute Gasteiger partial charge is 0.347 e. The van der Waals surface area contributed by atoms with Crippen LogP contribution in [0.1, 0.15) is 85.4 Å². The first kappa shape index (κ1) is 23.2. The van der Waals surface area contributed by atoms with Crippen LogP contribution in [-0.4, -0.2) is 33.8 Å². The van der Waals surface area contributed by atoms with Crippen LogP contribution < -0.4 is 5.32 Å². The first-order valence-corrected chi connectivity index (χ1v) is 12.5. The van der Waals surface area contributed by atoms with E-state index in [-0.39, 0.29) is 34.4 Å². The lowest BCUT2D eigenvalue weighted by molar-refractivity contribution is -0.126. The molecule has 8 heteroatoms. The SMILES string of the molecule is CC[C@@H]1CC[C@H](C(=O)NC(c2cc(F)c(Cl)cc2F)C2CC2)N1C(=O)c1cc(C2CC2)ccn1. The average Bonchev–Trinajstić information content (AvgIpc) is 3.76. The minimum absolute atomic E-state index is 0.0310. The summed E-state index contributed by atoms with van der Waals surface area (Å²) in [4.78, 5) is 32.9. The summed E-state index contributed by atoms with van der Waals surface area (Å²) in [6.45, 7) is 2.00. The Morgan fingerprint density at radius 3 is 2.56 bits per heavy atom. The molecule has 1 saturated heterocycles. The van der Waals surface area contributed by atoms with Crippen LogP contribution >= 0.6 is 11.6 Å². The van der Waals surface area contributed by atoms with E-state index in [1.807, 2.05) is 19.1 Å². The lowest BCUT2D eigenvalue weighted by atomic mass is 10.0. The number of nitrogens with zero attached hydrogens (tertiary/aromatic N) is 2. The maximum Gasteiger partial charge on any atom is 0.273 e. The molecule has 3 aliphatic rings. The van der Waals surface area contributed by atoms with E-state index in [4.69, 9.17) is 11.6 Å². The van der Waals surface area contributed by atoms with Crippen molar-refractivity contribution in [3.8, 4) is 0 Å². The highest BCUT2D eigenvalue weighted by Crippen LogP contribution is 2.43. The lowest BCUT2D eigenvalue weighted by Gasteiger charge is -2.30. The summed E-state index contributed by atoms with van der Waals surface area (Å²) in [7, 11) is 0. The second kappa shape index (κ2) is 9.25. The minimum atomic E-state index is -0.719. The van der Waals surface area contributed by atoms with Gasteiger partial charge in [-0.25, -0.2) is 8.78 Å². The Balaban J connectivity index is 1.39. The summed E-state index contributed by atoms with van der Waals surface area (Å²) in [5.74, 6) is -1.43. The molecule has 1 N–H and O–H groups in total. The van der Waals surface area contributed by atoms with E-state index in [1.165, 1.54) is 0 Å². The Morgan fingerprint density at radius 2 is 1.88 bits per heavy atom. The summed E-state index contributed by atoms with van der Waals surface area (Å²) >= 11 is 5.72. The lowest BCUT2D eigenvalue weighted by Crippen LogP contribution is -2.50. The zero-order valence-electron chi connectivity index (χ0n) is 19.1. The van der Waals surface area contributed by atoms with Crippen molar-refractivity contribution in [3.63, 3.8) is 0 Å². The fourth-order valence-corrected chi connectivity index (χ4v) is 5.27. The van der Waals surface area contributed by atoms with Crippen LogP contribution in [0, 0.1) is 17.6 Å². The maximum absolute atomic E-state index is 14.7. The van der Waals surface area contributed by atoms with Crippen molar-refractivity contribution in [2.45, 2.75) is 75.9 Å². The molecule has 1 unspecified atom stereocenters. The van der Waals surface area contributed by atoms with Gasteiger partial charge in [0.2, 0.25) is 5.91 Å². The van der Waals surface area contributed by atoms with Gasteiger partial charge in [-0.3, -0.25) is 14.6 Å². The van der Waals surface area contributed by atoms with Crippen LogP contribution in [0.15, 0.2) is 30.5 Å². The Labute approximate surface area is 202 Å². The summed E-state index contributed by atoms with van der Waals surface area (Å²) in [6, 6.07) is 4.40. The summed E-state index contributed by atoms with van der Waals surface area (Å²) < 4.78 is 28.8. The highest BCUT2D eigenvalue weighted by molar-refractivity contribution is 6.30. The van der Waals surface area contributed by atoms with Crippen LogP contribution in [0.5, 0.6) is 0 Å². The average molecular weight is 488 g/mol. The molecule has 2 aromatic rings. The third kappa shape index (κ3) is 4.54. The highest BCUT2D eigenvalue weighted by atomic mass is 35.5. The van der Waals surface area contributed by atoms with Gasteiger partial charge in [-0.05, 0) is 86.6 Å². The molecule has 2 aliphatic carbocycles. The van der Waals surface area contributed by atoms with Crippen molar-refractivity contribution >= 4 is 23.4 Å². The molecular formula is C26H28ClF2N3O2. The van der Waals surface area contributed by atoms with Crippen LogP contribution in [-0.2, 0) is 4.79 Å². The molecule has 5 rings (SSSR count). The Bertz CT molecular complexity index is 1120. The van der Waals surface area contributed by atoms with Gasteiger partial charge < -0.3 is 10.2 Å². The molecule has 1 aliphatic heterocycles. The Morgan fingerprint density at radius 1 is 1.12 bits per heavy atom. The first-order chi connectivity index (χ1) is 16.4. The fraction of sp³-hybridized carbons (Fsp3) is 0.500. The monoisotopic (exact) mass is 487 g/mol. The van der Waals surface area contributed by atoms with Gasteiger partial charge in [0.25, 0.3) is 5.91 Å². The van der Waals surface area contributed by atoms with Crippen molar-refractivity contribution in [2.24, 2.45) is 5.92 Å². The number of halogens is 3. The molecular weight excluding hydrogens is 460 g/mol. The standard InChI is InChI=1S/C26H28ClF2N3O2/c1-2-17-7-8-23(32(17)26(34)22-11-16(9-10-30-22)14-3-4-14)25(33)31-24(15-5-6-15)18-12-21(29)19(27)13-20(18)28/h9-15,17,23-24H,2-8H2,1H3,(H,31,33)/t17-,23-,24?/m1/s1. The molecule has 0 radical (unpaired) electrons. The zero-order chi connectivity index (χ0) is 24.0. The molecule has 5 nitrogen and oxygen atoms in total. The number of rotatable bonds is 7. The van der Waals surface area contributed by atoms with Crippen molar-refractivity contribution in [1.82, 2.24) is 15.2 Å². The van der Waals surface area contributed by atoms with Crippen molar-refractivity contribution in [3.05, 3.63) is 63.9 Å². The van der Waals surface area contributed by atoms with Gasteiger partial charge in [-0.1, -0.05) is 18.5 Å². The van der Waals surface area contributed by atoms with Gasteiger partial charge in [0.05, 0.1) is 11.1 Å². The van der Waals surface area contributed by atoms with E-state index in [2.05, 4.69) is 10.3 Å². The maximum atomic E-state index is 14.7. The molecule has 2 saturated carbocycles.